The highest BCUT2D eigenvalue weighted by Gasteiger charge is 2.15. The number of halogens is 3. The number of rotatable bonds is 11. The fraction of sp³-hybridized carbons (Fsp3) is 0.125. The minimum atomic E-state index is -0.598. The molecule has 0 aliphatic rings. The van der Waals surface area contributed by atoms with Crippen molar-refractivity contribution in [2.45, 2.75) is 19.6 Å². The van der Waals surface area contributed by atoms with E-state index in [1.54, 1.807) is 36.4 Å². The van der Waals surface area contributed by atoms with Crippen molar-refractivity contribution in [2.75, 3.05) is 17.7 Å². The van der Waals surface area contributed by atoms with E-state index >= 15 is 4.39 Å². The van der Waals surface area contributed by atoms with Gasteiger partial charge in [0.15, 0.2) is 6.39 Å². The maximum absolute atomic E-state index is 15.1. The average Bonchev–Trinajstić information content (AvgIpc) is 3.55. The van der Waals surface area contributed by atoms with Gasteiger partial charge in [0.1, 0.15) is 24.0 Å². The second-order valence-corrected chi connectivity index (χ2v) is 9.93. The van der Waals surface area contributed by atoms with Crippen molar-refractivity contribution < 1.29 is 32.3 Å². The number of hydrogen-bond donors (Lipinski definition) is 2. The molecule has 0 saturated carbocycles. The van der Waals surface area contributed by atoms with Crippen LogP contribution in [0.25, 0.3) is 11.3 Å². The molecule has 2 aromatic heterocycles. The zero-order valence-electron chi connectivity index (χ0n) is 23.3. The summed E-state index contributed by atoms with van der Waals surface area (Å²) in [6.07, 6.45) is 2.56. The molecule has 224 valence electrons. The number of anilines is 2. The van der Waals surface area contributed by atoms with Crippen LogP contribution in [0.1, 0.15) is 27.2 Å². The van der Waals surface area contributed by atoms with Crippen LogP contribution in [-0.4, -0.2) is 29.0 Å². The fourth-order valence-corrected chi connectivity index (χ4v) is 4.38. The number of methoxy groups -OCH3 is 1. The lowest BCUT2D eigenvalue weighted by molar-refractivity contribution is -0.115. The average molecular weight is 619 g/mol. The van der Waals surface area contributed by atoms with E-state index in [4.69, 9.17) is 25.5 Å². The van der Waals surface area contributed by atoms with Crippen molar-refractivity contribution in [1.82, 2.24) is 9.97 Å². The van der Waals surface area contributed by atoms with E-state index in [1.165, 1.54) is 56.1 Å². The Bertz CT molecular complexity index is 1800. The Labute approximate surface area is 255 Å². The second kappa shape index (κ2) is 13.8. The second-order valence-electron chi connectivity index (χ2n) is 9.49. The molecule has 0 aliphatic carbocycles. The lowest BCUT2D eigenvalue weighted by Crippen LogP contribution is -2.17. The van der Waals surface area contributed by atoms with Crippen LogP contribution < -0.4 is 15.4 Å². The number of esters is 1. The van der Waals surface area contributed by atoms with Gasteiger partial charge in [-0.3, -0.25) is 4.79 Å². The number of aromatic nitrogens is 2. The molecular formula is C32H25ClF2N4O5. The molecule has 0 atom stereocenters. The summed E-state index contributed by atoms with van der Waals surface area (Å²) in [6.45, 7) is 0.173. The van der Waals surface area contributed by atoms with Gasteiger partial charge >= 0.3 is 5.97 Å². The van der Waals surface area contributed by atoms with E-state index in [0.717, 1.165) is 0 Å². The first-order valence-corrected chi connectivity index (χ1v) is 13.6. The molecule has 3 aromatic carbocycles. The van der Waals surface area contributed by atoms with Gasteiger partial charge in [0.05, 0.1) is 48.9 Å². The van der Waals surface area contributed by atoms with Crippen LogP contribution in [0.15, 0.2) is 89.8 Å². The van der Waals surface area contributed by atoms with Gasteiger partial charge in [-0.2, -0.15) is 0 Å². The van der Waals surface area contributed by atoms with Gasteiger partial charge in [0.2, 0.25) is 11.8 Å². The first-order chi connectivity index (χ1) is 21.3. The SMILES string of the molecule is COC(=O)c1ccc(NC(=O)Cc2ccc(-c3cccc(OCc4ccc(Cl)cc4F)n3)cc2F)c(NCc2cnco2)c1. The third kappa shape index (κ3) is 7.56. The Balaban J connectivity index is 1.26. The monoisotopic (exact) mass is 618 g/mol. The third-order valence-electron chi connectivity index (χ3n) is 6.47. The molecule has 2 N–H and O–H groups in total. The molecule has 12 heteroatoms. The van der Waals surface area contributed by atoms with Gasteiger partial charge in [-0.25, -0.2) is 23.5 Å². The van der Waals surface area contributed by atoms with E-state index in [9.17, 15) is 14.0 Å². The number of carbonyl (C=O) groups is 2. The van der Waals surface area contributed by atoms with E-state index in [2.05, 4.69) is 20.6 Å². The summed E-state index contributed by atoms with van der Waals surface area (Å²) < 4.78 is 44.9. The number of carbonyl (C=O) groups excluding carboxylic acids is 2. The Hall–Kier alpha value is -5.29. The zero-order chi connectivity index (χ0) is 31.1. The minimum Gasteiger partial charge on any atom is -0.473 e. The van der Waals surface area contributed by atoms with E-state index in [0.29, 0.717) is 34.0 Å². The van der Waals surface area contributed by atoms with Crippen LogP contribution >= 0.6 is 11.6 Å². The molecule has 0 spiro atoms. The highest BCUT2D eigenvalue weighted by molar-refractivity contribution is 6.30. The first kappa shape index (κ1) is 30.2. The number of oxazole rings is 1. The highest BCUT2D eigenvalue weighted by Crippen LogP contribution is 2.27. The largest absolute Gasteiger partial charge is 0.473 e. The van der Waals surface area contributed by atoms with Crippen molar-refractivity contribution in [3.8, 4) is 17.1 Å². The number of ether oxygens (including phenoxy) is 2. The molecule has 2 heterocycles. The van der Waals surface area contributed by atoms with Crippen LogP contribution in [0.3, 0.4) is 0 Å². The zero-order valence-corrected chi connectivity index (χ0v) is 24.0. The summed E-state index contributed by atoms with van der Waals surface area (Å²) in [5.41, 5.74) is 2.45. The molecule has 5 aromatic rings. The molecule has 0 bridgehead atoms. The fourth-order valence-electron chi connectivity index (χ4n) is 4.22. The van der Waals surface area contributed by atoms with Crippen LogP contribution in [0.2, 0.25) is 5.02 Å². The molecule has 0 fully saturated rings. The molecule has 44 heavy (non-hydrogen) atoms. The smallest absolute Gasteiger partial charge is 0.337 e. The van der Waals surface area contributed by atoms with Crippen LogP contribution in [0, 0.1) is 11.6 Å². The van der Waals surface area contributed by atoms with Gasteiger partial charge < -0.3 is 24.5 Å². The Kier molecular flexibility index (Phi) is 9.46. The van der Waals surface area contributed by atoms with Gasteiger partial charge in [-0.15, -0.1) is 0 Å². The molecule has 1 amide bonds. The third-order valence-corrected chi connectivity index (χ3v) is 6.70. The lowest BCUT2D eigenvalue weighted by atomic mass is 10.0. The highest BCUT2D eigenvalue weighted by atomic mass is 35.5. The van der Waals surface area contributed by atoms with E-state index < -0.39 is 23.5 Å². The maximum atomic E-state index is 15.1. The number of hydrogen-bond acceptors (Lipinski definition) is 8. The molecular weight excluding hydrogens is 594 g/mol. The van der Waals surface area contributed by atoms with Crippen LogP contribution in [0.5, 0.6) is 5.88 Å². The van der Waals surface area contributed by atoms with E-state index in [-0.39, 0.29) is 41.6 Å². The summed E-state index contributed by atoms with van der Waals surface area (Å²) in [6, 6.07) is 18.3. The predicted octanol–water partition coefficient (Wildman–Crippen LogP) is 6.83. The minimum absolute atomic E-state index is 0.0649. The van der Waals surface area contributed by atoms with E-state index in [1.807, 2.05) is 0 Å². The number of nitrogens with zero attached hydrogens (tertiary/aromatic N) is 2. The summed E-state index contributed by atoms with van der Waals surface area (Å²) >= 11 is 5.80. The van der Waals surface area contributed by atoms with Gasteiger partial charge in [-0.05, 0) is 48.0 Å². The molecule has 0 aliphatic heterocycles. The molecule has 0 saturated heterocycles. The van der Waals surface area contributed by atoms with Crippen molar-refractivity contribution in [2.24, 2.45) is 0 Å². The quantitative estimate of drug-likeness (QED) is 0.155. The molecule has 0 unspecified atom stereocenters. The summed E-state index contributed by atoms with van der Waals surface area (Å²) in [5.74, 6) is -1.35. The van der Waals surface area contributed by atoms with Crippen molar-refractivity contribution >= 4 is 34.9 Å². The predicted molar refractivity (Wildman–Crippen MR) is 159 cm³/mol. The molecule has 5 rings (SSSR count). The number of amides is 1. The van der Waals surface area contributed by atoms with Gasteiger partial charge in [-0.1, -0.05) is 35.9 Å². The summed E-state index contributed by atoms with van der Waals surface area (Å²) in [7, 11) is 1.27. The van der Waals surface area contributed by atoms with Crippen molar-refractivity contribution in [3.63, 3.8) is 0 Å². The van der Waals surface area contributed by atoms with Crippen molar-refractivity contribution in [1.29, 1.82) is 0 Å². The normalized spacial score (nSPS) is 10.7. The first-order valence-electron chi connectivity index (χ1n) is 13.2. The van der Waals surface area contributed by atoms with Gasteiger partial charge in [0.25, 0.3) is 0 Å². The van der Waals surface area contributed by atoms with Crippen molar-refractivity contribution in [3.05, 3.63) is 124 Å². The lowest BCUT2D eigenvalue weighted by Gasteiger charge is -2.14. The Morgan fingerprint density at radius 1 is 0.955 bits per heavy atom. The summed E-state index contributed by atoms with van der Waals surface area (Å²) in [4.78, 5) is 33.2. The standard InChI is InChI=1S/C32H25ClF2N4O5/c1-42-32(41)21-8-10-28(29(12-21)37-16-24-15-36-18-44-24)38-30(40)13-19-5-6-20(11-25(19)34)27-3-2-4-31(39-27)43-17-22-7-9-23(33)14-26(22)35/h2-12,14-15,18,37H,13,16-17H2,1H3,(H,38,40). The maximum Gasteiger partial charge on any atom is 0.337 e. The number of nitrogens with one attached hydrogen (secondary N) is 2. The van der Waals surface area contributed by atoms with Gasteiger partial charge in [0, 0.05) is 22.2 Å². The Morgan fingerprint density at radius 3 is 2.52 bits per heavy atom. The van der Waals surface area contributed by atoms with Crippen LogP contribution in [0.4, 0.5) is 20.2 Å². The number of benzene rings is 3. The summed E-state index contributed by atoms with van der Waals surface area (Å²) in [5, 5.41) is 6.14. The molecule has 0 radical (unpaired) electrons. The topological polar surface area (TPSA) is 116 Å². The number of pyridine rings is 1. The Morgan fingerprint density at radius 2 is 1.77 bits per heavy atom. The molecule has 9 nitrogen and oxygen atoms in total. The van der Waals surface area contributed by atoms with Crippen LogP contribution in [-0.2, 0) is 29.1 Å².